The second kappa shape index (κ2) is 8.23. The number of carboxylic acids is 1. The summed E-state index contributed by atoms with van der Waals surface area (Å²) >= 11 is 1.15. The lowest BCUT2D eigenvalue weighted by Crippen LogP contribution is -2.45. The van der Waals surface area contributed by atoms with Crippen LogP contribution in [0.5, 0.6) is 0 Å². The molecule has 0 spiro atoms. The fourth-order valence-electron chi connectivity index (χ4n) is 2.84. The van der Waals surface area contributed by atoms with Crippen LogP contribution in [0.1, 0.15) is 46.6 Å². The molecule has 24 heavy (non-hydrogen) atoms. The molecule has 7 nitrogen and oxygen atoms in total. The number of likely N-dealkylation sites (tertiary alicyclic amines) is 1. The van der Waals surface area contributed by atoms with Crippen LogP contribution >= 0.6 is 11.3 Å². The third-order valence-corrected chi connectivity index (χ3v) is 5.33. The third-order valence-electron chi connectivity index (χ3n) is 4.12. The zero-order valence-corrected chi connectivity index (χ0v) is 14.8. The van der Waals surface area contributed by atoms with Gasteiger partial charge in [-0.2, -0.15) is 0 Å². The highest BCUT2D eigenvalue weighted by molar-refractivity contribution is 7.13. The number of rotatable bonds is 6. The molecule has 0 aliphatic carbocycles. The Kier molecular flexibility index (Phi) is 6.30. The Balaban J connectivity index is 1.81. The van der Waals surface area contributed by atoms with Gasteiger partial charge in [0.1, 0.15) is 4.88 Å². The van der Waals surface area contributed by atoms with Gasteiger partial charge in [0, 0.05) is 32.5 Å². The van der Waals surface area contributed by atoms with Crippen molar-refractivity contribution >= 4 is 29.1 Å². The van der Waals surface area contributed by atoms with Gasteiger partial charge >= 0.3 is 5.97 Å². The smallest absolute Gasteiger partial charge is 0.347 e. The molecule has 2 N–H and O–H groups in total. The molecule has 2 amide bonds. The number of carbonyl (C=O) groups excluding carboxylic acids is 2. The molecule has 1 fully saturated rings. The van der Waals surface area contributed by atoms with Crippen molar-refractivity contribution in [2.75, 3.05) is 19.6 Å². The number of nitrogens with zero attached hydrogens (tertiary/aromatic N) is 2. The van der Waals surface area contributed by atoms with Crippen LogP contribution < -0.4 is 5.32 Å². The molecule has 8 heteroatoms. The number of aromatic nitrogens is 1. The molecule has 2 heterocycles. The largest absolute Gasteiger partial charge is 0.477 e. The highest BCUT2D eigenvalue weighted by atomic mass is 32.1. The number of thiazole rings is 1. The Hall–Kier alpha value is -1.96. The zero-order valence-electron chi connectivity index (χ0n) is 14.0. The first kappa shape index (κ1) is 18.4. The summed E-state index contributed by atoms with van der Waals surface area (Å²) in [5.74, 6) is -1.09. The summed E-state index contributed by atoms with van der Waals surface area (Å²) in [6, 6.07) is 0. The minimum atomic E-state index is -0.969. The van der Waals surface area contributed by atoms with Gasteiger partial charge < -0.3 is 15.3 Å². The summed E-state index contributed by atoms with van der Waals surface area (Å²) in [6.07, 6.45) is 2.61. The number of hydrogen-bond donors (Lipinski definition) is 2. The summed E-state index contributed by atoms with van der Waals surface area (Å²) in [5.41, 5.74) is 0.509. The summed E-state index contributed by atoms with van der Waals surface area (Å²) in [6.45, 7) is 5.13. The van der Waals surface area contributed by atoms with Crippen LogP contribution in [0.2, 0.25) is 0 Å². The molecule has 1 aromatic heterocycles. The number of carbonyl (C=O) groups is 3. The first-order valence-corrected chi connectivity index (χ1v) is 8.99. The SMILES string of the molecule is CCC(=O)N1CCC[C@H](C(=O)NCCc2nc(C)c(C(=O)O)s2)C1. The quantitative estimate of drug-likeness (QED) is 0.806. The number of aryl methyl sites for hydroxylation is 1. The van der Waals surface area contributed by atoms with Crippen molar-refractivity contribution in [1.29, 1.82) is 0 Å². The summed E-state index contributed by atoms with van der Waals surface area (Å²) < 4.78 is 0. The lowest BCUT2D eigenvalue weighted by atomic mass is 9.97. The minimum Gasteiger partial charge on any atom is -0.477 e. The standard InChI is InChI=1S/C16H23N3O4S/c1-3-13(20)19-8-4-5-11(9-19)15(21)17-7-6-12-18-10(2)14(24-12)16(22)23/h11H,3-9H2,1-2H3,(H,17,21)(H,22,23)/t11-/m0/s1. The molecular formula is C16H23N3O4S. The number of aromatic carboxylic acids is 1. The highest BCUT2D eigenvalue weighted by Gasteiger charge is 2.27. The lowest BCUT2D eigenvalue weighted by Gasteiger charge is -2.31. The van der Waals surface area contributed by atoms with Gasteiger partial charge in [-0.15, -0.1) is 11.3 Å². The second-order valence-corrected chi connectivity index (χ2v) is 6.98. The van der Waals surface area contributed by atoms with E-state index in [0.29, 0.717) is 36.6 Å². The molecule has 0 bridgehead atoms. The molecule has 0 radical (unpaired) electrons. The Labute approximate surface area is 145 Å². The van der Waals surface area contributed by atoms with Gasteiger partial charge in [0.2, 0.25) is 11.8 Å². The highest BCUT2D eigenvalue weighted by Crippen LogP contribution is 2.19. The minimum absolute atomic E-state index is 0.0460. The number of nitrogens with one attached hydrogen (secondary N) is 1. The van der Waals surface area contributed by atoms with Crippen LogP contribution in [-0.4, -0.2) is 52.4 Å². The maximum absolute atomic E-state index is 12.3. The molecule has 0 aromatic carbocycles. The topological polar surface area (TPSA) is 99.6 Å². The van der Waals surface area contributed by atoms with E-state index in [9.17, 15) is 14.4 Å². The van der Waals surface area contributed by atoms with Crippen LogP contribution in [0.25, 0.3) is 0 Å². The van der Waals surface area contributed by atoms with Gasteiger partial charge in [-0.1, -0.05) is 6.92 Å². The van der Waals surface area contributed by atoms with Gasteiger partial charge in [-0.3, -0.25) is 9.59 Å². The van der Waals surface area contributed by atoms with E-state index < -0.39 is 5.97 Å². The molecule has 0 unspecified atom stereocenters. The number of piperidine rings is 1. The molecule has 1 aliphatic rings. The maximum atomic E-state index is 12.3. The molecular weight excluding hydrogens is 330 g/mol. The van der Waals surface area contributed by atoms with E-state index in [4.69, 9.17) is 5.11 Å². The first-order valence-electron chi connectivity index (χ1n) is 8.17. The molecule has 1 saturated heterocycles. The predicted octanol–water partition coefficient (Wildman–Crippen LogP) is 1.46. The van der Waals surface area contributed by atoms with Crippen molar-refractivity contribution in [3.8, 4) is 0 Å². The van der Waals surface area contributed by atoms with E-state index in [1.807, 2.05) is 6.92 Å². The van der Waals surface area contributed by atoms with Crippen LogP contribution in [-0.2, 0) is 16.0 Å². The van der Waals surface area contributed by atoms with Crippen molar-refractivity contribution in [2.24, 2.45) is 5.92 Å². The van der Waals surface area contributed by atoms with Crippen molar-refractivity contribution in [3.05, 3.63) is 15.6 Å². The fraction of sp³-hybridized carbons (Fsp3) is 0.625. The van der Waals surface area contributed by atoms with Gasteiger partial charge in [0.05, 0.1) is 16.6 Å². The number of amides is 2. The van der Waals surface area contributed by atoms with Crippen molar-refractivity contribution in [2.45, 2.75) is 39.5 Å². The summed E-state index contributed by atoms with van der Waals surface area (Å²) in [7, 11) is 0. The number of carboxylic acid groups (broad SMARTS) is 1. The van der Waals surface area contributed by atoms with Crippen molar-refractivity contribution < 1.29 is 19.5 Å². The van der Waals surface area contributed by atoms with E-state index in [-0.39, 0.29) is 22.6 Å². The monoisotopic (exact) mass is 353 g/mol. The van der Waals surface area contributed by atoms with Crippen molar-refractivity contribution in [1.82, 2.24) is 15.2 Å². The normalized spacial score (nSPS) is 17.6. The maximum Gasteiger partial charge on any atom is 0.347 e. The third kappa shape index (κ3) is 4.53. The Morgan fingerprint density at radius 3 is 2.79 bits per heavy atom. The van der Waals surface area contributed by atoms with Gasteiger partial charge in [0.15, 0.2) is 0 Å². The molecule has 2 rings (SSSR count). The first-order chi connectivity index (χ1) is 11.4. The molecule has 1 atom stereocenters. The van der Waals surface area contributed by atoms with E-state index in [1.54, 1.807) is 11.8 Å². The van der Waals surface area contributed by atoms with E-state index in [0.717, 1.165) is 30.7 Å². The van der Waals surface area contributed by atoms with E-state index >= 15 is 0 Å². The van der Waals surface area contributed by atoms with Crippen LogP contribution in [0.15, 0.2) is 0 Å². The van der Waals surface area contributed by atoms with Crippen LogP contribution in [0, 0.1) is 12.8 Å². The van der Waals surface area contributed by atoms with Crippen molar-refractivity contribution in [3.63, 3.8) is 0 Å². The van der Waals surface area contributed by atoms with Gasteiger partial charge in [-0.25, -0.2) is 9.78 Å². The summed E-state index contributed by atoms with van der Waals surface area (Å²) in [4.78, 5) is 41.3. The lowest BCUT2D eigenvalue weighted by molar-refractivity contribution is -0.135. The molecule has 132 valence electrons. The number of hydrogen-bond acceptors (Lipinski definition) is 5. The van der Waals surface area contributed by atoms with Gasteiger partial charge in [-0.05, 0) is 19.8 Å². The summed E-state index contributed by atoms with van der Waals surface area (Å²) in [5, 5.41) is 12.6. The second-order valence-electron chi connectivity index (χ2n) is 5.90. The average Bonchev–Trinajstić information content (AvgIpc) is 2.95. The average molecular weight is 353 g/mol. The fourth-order valence-corrected chi connectivity index (χ4v) is 3.74. The Morgan fingerprint density at radius 1 is 1.42 bits per heavy atom. The van der Waals surface area contributed by atoms with Gasteiger partial charge in [0.25, 0.3) is 0 Å². The van der Waals surface area contributed by atoms with Crippen LogP contribution in [0.4, 0.5) is 0 Å². The molecule has 1 aromatic rings. The van der Waals surface area contributed by atoms with E-state index in [2.05, 4.69) is 10.3 Å². The predicted molar refractivity (Wildman–Crippen MR) is 90.1 cm³/mol. The molecule has 1 aliphatic heterocycles. The molecule has 0 saturated carbocycles. The Bertz CT molecular complexity index is 629. The van der Waals surface area contributed by atoms with E-state index in [1.165, 1.54) is 0 Å². The Morgan fingerprint density at radius 2 is 2.17 bits per heavy atom. The zero-order chi connectivity index (χ0) is 17.7. The van der Waals surface area contributed by atoms with Crippen LogP contribution in [0.3, 0.4) is 0 Å².